The first kappa shape index (κ1) is 19.8. The van der Waals surface area contributed by atoms with Gasteiger partial charge in [0.15, 0.2) is 5.96 Å². The van der Waals surface area contributed by atoms with Crippen molar-refractivity contribution in [1.29, 1.82) is 0 Å². The number of fused-ring (bicyclic) bond motifs is 3. The summed E-state index contributed by atoms with van der Waals surface area (Å²) >= 11 is 0. The van der Waals surface area contributed by atoms with Crippen LogP contribution < -0.4 is 15.8 Å². The smallest absolute Gasteiger partial charge is 0.406 e. The summed E-state index contributed by atoms with van der Waals surface area (Å²) in [5, 5.41) is 3.26. The Labute approximate surface area is 172 Å². The Morgan fingerprint density at radius 1 is 1.15 bits per heavy atom. The maximum atomic E-state index is 12.1. The number of nitrogens with two attached hydrogens (primary N) is 1. The molecule has 3 atom stereocenters. The normalized spacial score (nSPS) is 23.1. The average Bonchev–Trinajstić information content (AvgIpc) is 3.09. The number of aliphatic imine (C=N–C) groups is 1. The fraction of sp³-hybridized carbons (Fsp3) is 0.316. The Hall–Kier alpha value is -1.97. The molecular formula is C19H19F3IN3O. The number of hydrogen-bond acceptors (Lipinski definition) is 2. The number of nitrogens with zero attached hydrogens (tertiary/aromatic N) is 1. The SMILES string of the molecule is I.NC(=NCc1ccc(OC(F)(F)F)cc1)NC1C2Cc3ccccc3C21. The zero-order valence-electron chi connectivity index (χ0n) is 14.2. The van der Waals surface area contributed by atoms with E-state index < -0.39 is 6.36 Å². The first-order valence-corrected chi connectivity index (χ1v) is 8.40. The van der Waals surface area contributed by atoms with E-state index in [4.69, 9.17) is 5.73 Å². The van der Waals surface area contributed by atoms with Crippen LogP contribution in [0.5, 0.6) is 5.75 Å². The van der Waals surface area contributed by atoms with E-state index in [1.807, 2.05) is 0 Å². The van der Waals surface area contributed by atoms with Crippen LogP contribution in [-0.2, 0) is 13.0 Å². The number of guanidine groups is 1. The lowest BCUT2D eigenvalue weighted by Crippen LogP contribution is -2.35. The Bertz CT molecular complexity index is 839. The number of rotatable bonds is 4. The molecule has 3 unspecified atom stereocenters. The highest BCUT2D eigenvalue weighted by atomic mass is 127. The molecule has 3 N–H and O–H groups in total. The van der Waals surface area contributed by atoms with Crippen LogP contribution in [0, 0.1) is 5.92 Å². The van der Waals surface area contributed by atoms with Gasteiger partial charge in [-0.3, -0.25) is 0 Å². The van der Waals surface area contributed by atoms with Crippen LogP contribution in [0.15, 0.2) is 53.5 Å². The van der Waals surface area contributed by atoms with Crippen molar-refractivity contribution in [3.8, 4) is 5.75 Å². The molecule has 2 aliphatic rings. The van der Waals surface area contributed by atoms with Gasteiger partial charge in [-0.2, -0.15) is 0 Å². The zero-order chi connectivity index (χ0) is 18.3. The molecule has 1 fully saturated rings. The van der Waals surface area contributed by atoms with Crippen molar-refractivity contribution in [2.24, 2.45) is 16.6 Å². The molecule has 4 rings (SSSR count). The molecule has 27 heavy (non-hydrogen) atoms. The first-order valence-electron chi connectivity index (χ1n) is 8.40. The standard InChI is InChI=1S/C19H18F3N3O.HI/c20-19(21,22)26-13-7-5-11(6-8-13)10-24-18(23)25-17-15-9-12-3-1-2-4-14(12)16(15)17;/h1-8,15-17H,9-10H2,(H3,23,24,25);1H. The average molecular weight is 489 g/mol. The second-order valence-corrected chi connectivity index (χ2v) is 6.66. The van der Waals surface area contributed by atoms with E-state index in [1.165, 1.54) is 23.3 Å². The minimum absolute atomic E-state index is 0. The molecule has 8 heteroatoms. The monoisotopic (exact) mass is 489 g/mol. The van der Waals surface area contributed by atoms with Gasteiger partial charge in [0.05, 0.1) is 6.54 Å². The molecule has 0 saturated heterocycles. The molecule has 144 valence electrons. The van der Waals surface area contributed by atoms with Gasteiger partial charge in [0.1, 0.15) is 5.75 Å². The maximum absolute atomic E-state index is 12.1. The summed E-state index contributed by atoms with van der Waals surface area (Å²) in [5.41, 5.74) is 9.53. The predicted octanol–water partition coefficient (Wildman–Crippen LogP) is 3.95. The van der Waals surface area contributed by atoms with Crippen LogP contribution in [0.1, 0.15) is 22.6 Å². The van der Waals surface area contributed by atoms with Gasteiger partial charge in [0, 0.05) is 12.0 Å². The summed E-state index contributed by atoms with van der Waals surface area (Å²) < 4.78 is 40.3. The van der Waals surface area contributed by atoms with Crippen molar-refractivity contribution in [2.45, 2.75) is 31.3 Å². The molecule has 0 aromatic heterocycles. The lowest BCUT2D eigenvalue weighted by Gasteiger charge is -2.10. The molecule has 0 heterocycles. The fourth-order valence-electron chi connectivity index (χ4n) is 3.74. The van der Waals surface area contributed by atoms with Crippen molar-refractivity contribution < 1.29 is 17.9 Å². The summed E-state index contributed by atoms with van der Waals surface area (Å²) in [6, 6.07) is 14.4. The van der Waals surface area contributed by atoms with E-state index in [1.54, 1.807) is 12.1 Å². The molecule has 4 nitrogen and oxygen atoms in total. The third kappa shape index (κ3) is 4.48. The highest BCUT2D eigenvalue weighted by Crippen LogP contribution is 2.56. The topological polar surface area (TPSA) is 59.6 Å². The van der Waals surface area contributed by atoms with Crippen LogP contribution in [0.2, 0.25) is 0 Å². The number of nitrogens with one attached hydrogen (secondary N) is 1. The molecule has 0 radical (unpaired) electrons. The third-order valence-corrected chi connectivity index (χ3v) is 4.94. The van der Waals surface area contributed by atoms with Crippen LogP contribution in [0.25, 0.3) is 0 Å². The Balaban J connectivity index is 0.00000210. The van der Waals surface area contributed by atoms with E-state index in [0.29, 0.717) is 30.4 Å². The van der Waals surface area contributed by atoms with Gasteiger partial charge in [0.2, 0.25) is 0 Å². The van der Waals surface area contributed by atoms with Gasteiger partial charge in [-0.15, -0.1) is 37.1 Å². The summed E-state index contributed by atoms with van der Waals surface area (Å²) in [7, 11) is 0. The lowest BCUT2D eigenvalue weighted by atomic mass is 10.1. The van der Waals surface area contributed by atoms with Crippen LogP contribution in [-0.4, -0.2) is 18.4 Å². The summed E-state index contributed by atoms with van der Waals surface area (Å²) in [4.78, 5) is 4.28. The van der Waals surface area contributed by atoms with E-state index in [-0.39, 0.29) is 29.7 Å². The minimum Gasteiger partial charge on any atom is -0.406 e. The van der Waals surface area contributed by atoms with Gasteiger partial charge in [-0.25, -0.2) is 4.99 Å². The Morgan fingerprint density at radius 2 is 1.85 bits per heavy atom. The highest BCUT2D eigenvalue weighted by Gasteiger charge is 2.55. The summed E-state index contributed by atoms with van der Waals surface area (Å²) in [6.07, 6.45) is -3.62. The molecule has 2 aromatic carbocycles. The van der Waals surface area contributed by atoms with Crippen molar-refractivity contribution in [2.75, 3.05) is 0 Å². The second-order valence-electron chi connectivity index (χ2n) is 6.66. The van der Waals surface area contributed by atoms with Crippen molar-refractivity contribution in [3.63, 3.8) is 0 Å². The maximum Gasteiger partial charge on any atom is 0.573 e. The van der Waals surface area contributed by atoms with Gasteiger partial charge in [-0.1, -0.05) is 36.4 Å². The van der Waals surface area contributed by atoms with Crippen LogP contribution in [0.3, 0.4) is 0 Å². The molecule has 0 aliphatic heterocycles. The molecule has 0 bridgehead atoms. The zero-order valence-corrected chi connectivity index (χ0v) is 16.6. The predicted molar refractivity (Wildman–Crippen MR) is 107 cm³/mol. The second kappa shape index (κ2) is 7.57. The van der Waals surface area contributed by atoms with E-state index >= 15 is 0 Å². The van der Waals surface area contributed by atoms with Crippen molar-refractivity contribution in [1.82, 2.24) is 5.32 Å². The molecule has 0 amide bonds. The molecule has 1 saturated carbocycles. The first-order chi connectivity index (χ1) is 12.4. The third-order valence-electron chi connectivity index (χ3n) is 4.94. The Morgan fingerprint density at radius 3 is 2.56 bits per heavy atom. The van der Waals surface area contributed by atoms with E-state index in [0.717, 1.165) is 12.0 Å². The number of ether oxygens (including phenoxy) is 1. The molecule has 2 aromatic rings. The summed E-state index contributed by atoms with van der Waals surface area (Å²) in [5.74, 6) is 1.18. The van der Waals surface area contributed by atoms with Gasteiger partial charge >= 0.3 is 6.36 Å². The lowest BCUT2D eigenvalue weighted by molar-refractivity contribution is -0.274. The van der Waals surface area contributed by atoms with Gasteiger partial charge in [0.25, 0.3) is 0 Å². The van der Waals surface area contributed by atoms with E-state index in [2.05, 4.69) is 39.3 Å². The van der Waals surface area contributed by atoms with Crippen molar-refractivity contribution >= 4 is 29.9 Å². The molecular weight excluding hydrogens is 470 g/mol. The van der Waals surface area contributed by atoms with Crippen LogP contribution in [0.4, 0.5) is 13.2 Å². The van der Waals surface area contributed by atoms with Gasteiger partial charge < -0.3 is 15.8 Å². The van der Waals surface area contributed by atoms with Crippen LogP contribution >= 0.6 is 24.0 Å². The molecule has 0 spiro atoms. The van der Waals surface area contributed by atoms with Gasteiger partial charge in [-0.05, 0) is 41.2 Å². The number of halogens is 4. The highest BCUT2D eigenvalue weighted by molar-refractivity contribution is 14.0. The number of benzene rings is 2. The molecule has 2 aliphatic carbocycles. The minimum atomic E-state index is -4.69. The largest absolute Gasteiger partial charge is 0.573 e. The Kier molecular flexibility index (Phi) is 5.55. The summed E-state index contributed by atoms with van der Waals surface area (Å²) in [6.45, 7) is 0.295. The van der Waals surface area contributed by atoms with Crippen molar-refractivity contribution in [3.05, 3.63) is 65.2 Å². The fourth-order valence-corrected chi connectivity index (χ4v) is 3.74. The van der Waals surface area contributed by atoms with E-state index in [9.17, 15) is 13.2 Å². The number of hydrogen-bond donors (Lipinski definition) is 2. The number of alkyl halides is 3. The quantitative estimate of drug-likeness (QED) is 0.389.